The second-order valence-corrected chi connectivity index (χ2v) is 10.9. The number of ether oxygens (including phenoxy) is 1. The van der Waals surface area contributed by atoms with Crippen LogP contribution in [-0.4, -0.2) is 71.2 Å². The summed E-state index contributed by atoms with van der Waals surface area (Å²) in [7, 11) is 1.58. The first kappa shape index (κ1) is 28.3. The highest BCUT2D eigenvalue weighted by molar-refractivity contribution is 6.21. The summed E-state index contributed by atoms with van der Waals surface area (Å²) >= 11 is 0. The van der Waals surface area contributed by atoms with E-state index in [1.165, 1.54) is 4.90 Å². The highest BCUT2D eigenvalue weighted by atomic mass is 16.5. The lowest BCUT2D eigenvalue weighted by Gasteiger charge is -2.42. The third kappa shape index (κ3) is 5.55. The molecule has 41 heavy (non-hydrogen) atoms. The van der Waals surface area contributed by atoms with Gasteiger partial charge in [0.1, 0.15) is 5.75 Å². The molecular formula is C31H35N3O7. The number of aliphatic carboxylic acids is 1. The number of hydrogen-bond acceptors (Lipinski definition) is 6. The molecule has 0 bridgehead atoms. The fraction of sp³-hybridized carbons (Fsp3) is 0.452. The average Bonchev–Trinajstić information content (AvgIpc) is 3.23. The van der Waals surface area contributed by atoms with Crippen molar-refractivity contribution in [3.05, 3.63) is 64.7 Å². The van der Waals surface area contributed by atoms with E-state index >= 15 is 0 Å². The number of hydrogen-bond donors (Lipinski definition) is 2. The van der Waals surface area contributed by atoms with Crippen LogP contribution in [0.1, 0.15) is 76.4 Å². The number of nitrogens with zero attached hydrogens (tertiary/aromatic N) is 2. The van der Waals surface area contributed by atoms with E-state index in [9.17, 15) is 24.0 Å². The minimum atomic E-state index is -0.915. The number of amides is 4. The van der Waals surface area contributed by atoms with Crippen LogP contribution in [0.2, 0.25) is 0 Å². The molecule has 3 aliphatic rings. The molecule has 1 saturated carbocycles. The molecule has 4 amide bonds. The van der Waals surface area contributed by atoms with Gasteiger partial charge in [-0.3, -0.25) is 28.9 Å². The van der Waals surface area contributed by atoms with Crippen LogP contribution < -0.4 is 10.1 Å². The zero-order valence-corrected chi connectivity index (χ0v) is 23.1. The molecule has 0 aromatic heterocycles. The molecule has 216 valence electrons. The Morgan fingerprint density at radius 1 is 0.976 bits per heavy atom. The number of carbonyl (C=O) groups is 5. The van der Waals surface area contributed by atoms with Gasteiger partial charge in [0.15, 0.2) is 0 Å². The van der Waals surface area contributed by atoms with Crippen molar-refractivity contribution in [2.24, 2.45) is 11.8 Å². The Morgan fingerprint density at radius 2 is 1.66 bits per heavy atom. The fourth-order valence-corrected chi connectivity index (χ4v) is 6.44. The van der Waals surface area contributed by atoms with Gasteiger partial charge in [-0.15, -0.1) is 0 Å². The van der Waals surface area contributed by atoms with Crippen molar-refractivity contribution in [3.63, 3.8) is 0 Å². The maximum atomic E-state index is 14.3. The molecule has 1 aliphatic carbocycles. The van der Waals surface area contributed by atoms with Crippen molar-refractivity contribution in [2.45, 2.75) is 51.0 Å². The molecule has 0 saturated heterocycles. The van der Waals surface area contributed by atoms with Crippen LogP contribution in [0.25, 0.3) is 0 Å². The van der Waals surface area contributed by atoms with E-state index < -0.39 is 35.7 Å². The highest BCUT2D eigenvalue weighted by Crippen LogP contribution is 2.41. The van der Waals surface area contributed by atoms with Gasteiger partial charge in [0.2, 0.25) is 11.8 Å². The van der Waals surface area contributed by atoms with Gasteiger partial charge in [-0.05, 0) is 49.4 Å². The Bertz CT molecular complexity index is 1340. The maximum Gasteiger partial charge on any atom is 0.303 e. The minimum Gasteiger partial charge on any atom is -0.493 e. The average molecular weight is 562 g/mol. The van der Waals surface area contributed by atoms with E-state index in [0.717, 1.165) is 18.4 Å². The number of carboxylic acids is 1. The van der Waals surface area contributed by atoms with E-state index in [1.807, 2.05) is 12.1 Å². The number of carboxylic acid groups (broad SMARTS) is 1. The second-order valence-electron chi connectivity index (χ2n) is 10.9. The normalized spacial score (nSPS) is 21.7. The van der Waals surface area contributed by atoms with Gasteiger partial charge >= 0.3 is 5.97 Å². The lowest BCUT2D eigenvalue weighted by molar-refractivity contribution is -0.146. The molecular weight excluding hydrogens is 526 g/mol. The summed E-state index contributed by atoms with van der Waals surface area (Å²) in [5, 5.41) is 11.7. The van der Waals surface area contributed by atoms with Crippen molar-refractivity contribution >= 4 is 29.6 Å². The molecule has 10 nitrogen and oxygen atoms in total. The molecule has 1 unspecified atom stereocenters. The minimum absolute atomic E-state index is 0.0410. The number of nitrogens with one attached hydrogen (secondary N) is 1. The van der Waals surface area contributed by atoms with Crippen molar-refractivity contribution in [1.29, 1.82) is 0 Å². The first-order valence-electron chi connectivity index (χ1n) is 14.3. The maximum absolute atomic E-state index is 14.3. The summed E-state index contributed by atoms with van der Waals surface area (Å²) in [6.07, 6.45) is 3.74. The van der Waals surface area contributed by atoms with Crippen LogP contribution in [0.5, 0.6) is 5.75 Å². The van der Waals surface area contributed by atoms with Crippen LogP contribution >= 0.6 is 0 Å². The quantitative estimate of drug-likeness (QED) is 0.355. The van der Waals surface area contributed by atoms with Crippen molar-refractivity contribution in [1.82, 2.24) is 15.1 Å². The van der Waals surface area contributed by atoms with Crippen LogP contribution in [0.4, 0.5) is 0 Å². The lowest BCUT2D eigenvalue weighted by atomic mass is 9.77. The number of rotatable bonds is 9. The van der Waals surface area contributed by atoms with Crippen molar-refractivity contribution < 1.29 is 33.8 Å². The first-order valence-corrected chi connectivity index (χ1v) is 14.3. The van der Waals surface area contributed by atoms with Crippen LogP contribution in [0.15, 0.2) is 42.5 Å². The zero-order chi connectivity index (χ0) is 29.1. The second kappa shape index (κ2) is 12.1. The molecule has 5 rings (SSSR count). The molecule has 2 aromatic carbocycles. The van der Waals surface area contributed by atoms with Gasteiger partial charge < -0.3 is 20.1 Å². The molecule has 2 aromatic rings. The Labute approximate surface area is 238 Å². The first-order chi connectivity index (χ1) is 19.8. The van der Waals surface area contributed by atoms with E-state index in [2.05, 4.69) is 5.32 Å². The van der Waals surface area contributed by atoms with Crippen LogP contribution in [0, 0.1) is 11.8 Å². The molecule has 2 heterocycles. The smallest absolute Gasteiger partial charge is 0.303 e. The molecule has 10 heteroatoms. The summed E-state index contributed by atoms with van der Waals surface area (Å²) in [4.78, 5) is 67.7. The summed E-state index contributed by atoms with van der Waals surface area (Å²) in [5.74, 6) is -2.49. The van der Waals surface area contributed by atoms with Crippen LogP contribution in [-0.2, 0) is 20.8 Å². The van der Waals surface area contributed by atoms with E-state index in [-0.39, 0.29) is 31.4 Å². The number of imide groups is 1. The number of fused-ring (bicyclic) bond motifs is 2. The monoisotopic (exact) mass is 561 g/mol. The number of benzene rings is 2. The van der Waals surface area contributed by atoms with E-state index in [0.29, 0.717) is 54.7 Å². The number of carbonyl (C=O) groups excluding carboxylic acids is 4. The third-order valence-corrected chi connectivity index (χ3v) is 8.46. The summed E-state index contributed by atoms with van der Waals surface area (Å²) in [6, 6.07) is 11.6. The molecule has 2 aliphatic heterocycles. The summed E-state index contributed by atoms with van der Waals surface area (Å²) in [6.45, 7) is 0.481. The topological polar surface area (TPSA) is 133 Å². The third-order valence-electron chi connectivity index (χ3n) is 8.46. The standard InChI is InChI=1S/C31H35N3O7/c1-32-28(37)20-9-2-3-10-21(20)29(38)33-16-15-19-8-6-13-25(41-17-7-14-26(35)36)27(19)24(33)18-34-30(39)22-11-4-5-12-23(22)31(34)40/h4-6,8,11-13,20-21,24H,2-3,7,9-10,14-18H2,1H3,(H,32,37)(H,35,36)/t20-,21+,24?/m0/s1. The molecule has 2 N–H and O–H groups in total. The fourth-order valence-electron chi connectivity index (χ4n) is 6.44. The van der Waals surface area contributed by atoms with E-state index in [4.69, 9.17) is 9.84 Å². The molecule has 0 spiro atoms. The predicted molar refractivity (Wildman–Crippen MR) is 148 cm³/mol. The zero-order valence-electron chi connectivity index (χ0n) is 23.1. The molecule has 3 atom stereocenters. The van der Waals surface area contributed by atoms with Crippen molar-refractivity contribution in [2.75, 3.05) is 26.7 Å². The van der Waals surface area contributed by atoms with Gasteiger partial charge in [-0.2, -0.15) is 0 Å². The predicted octanol–water partition coefficient (Wildman–Crippen LogP) is 3.20. The highest BCUT2D eigenvalue weighted by Gasteiger charge is 2.44. The van der Waals surface area contributed by atoms with Crippen LogP contribution in [0.3, 0.4) is 0 Å². The van der Waals surface area contributed by atoms with Crippen molar-refractivity contribution in [3.8, 4) is 5.75 Å². The van der Waals surface area contributed by atoms with Gasteiger partial charge in [-0.1, -0.05) is 37.1 Å². The molecule has 0 radical (unpaired) electrons. The largest absolute Gasteiger partial charge is 0.493 e. The Kier molecular flexibility index (Phi) is 8.37. The van der Waals surface area contributed by atoms with Gasteiger partial charge in [-0.25, -0.2) is 0 Å². The van der Waals surface area contributed by atoms with E-state index in [1.54, 1.807) is 42.3 Å². The van der Waals surface area contributed by atoms with Gasteiger partial charge in [0.05, 0.1) is 30.3 Å². The lowest BCUT2D eigenvalue weighted by Crippen LogP contribution is -2.51. The Morgan fingerprint density at radius 3 is 2.32 bits per heavy atom. The Hall–Kier alpha value is -4.21. The summed E-state index contributed by atoms with van der Waals surface area (Å²) in [5.41, 5.74) is 2.32. The van der Waals surface area contributed by atoms with Gasteiger partial charge in [0, 0.05) is 37.4 Å². The SMILES string of the molecule is CNC(=O)[C@H]1CCCC[C@H]1C(=O)N1CCc2cccc(OCCCC(=O)O)c2C1CN1C(=O)c2ccccc2C1=O. The Balaban J connectivity index is 1.51. The molecule has 1 fully saturated rings. The van der Waals surface area contributed by atoms with Gasteiger partial charge in [0.25, 0.3) is 11.8 Å². The summed E-state index contributed by atoms with van der Waals surface area (Å²) < 4.78 is 6.06.